The third-order valence-corrected chi connectivity index (χ3v) is 1.15. The number of hydrogen-bond donors (Lipinski definition) is 0. The van der Waals surface area contributed by atoms with Crippen molar-refractivity contribution in [3.8, 4) is 0 Å². The molecule has 0 aromatic heterocycles. The van der Waals surface area contributed by atoms with Gasteiger partial charge in [0.15, 0.2) is 0 Å². The molecule has 0 fully saturated rings. The molecule has 0 aromatic rings. The summed E-state index contributed by atoms with van der Waals surface area (Å²) in [5, 5.41) is -9.68. The van der Waals surface area contributed by atoms with Crippen LogP contribution in [0.3, 0.4) is 0 Å². The Morgan fingerprint density at radius 1 is 0.562 bits per heavy atom. The van der Waals surface area contributed by atoms with E-state index < -0.39 is 22.3 Å². The van der Waals surface area contributed by atoms with E-state index in [0.29, 0.717) is 0 Å². The molecule has 0 amide bonds. The van der Waals surface area contributed by atoms with E-state index in [1.54, 1.807) is 0 Å². The van der Waals surface area contributed by atoms with E-state index in [0.717, 1.165) is 31.9 Å². The first-order chi connectivity index (χ1) is 6.66. The van der Waals surface area contributed by atoms with Gasteiger partial charge in [-0.3, -0.25) is 0 Å². The SMILES string of the molecule is FC(F)(Br)OC(F)(F)C(F)(F)OC(F)(F)Br. The highest BCUT2D eigenvalue weighted by molar-refractivity contribution is 9.10. The van der Waals surface area contributed by atoms with Gasteiger partial charge in [0.1, 0.15) is 0 Å². The van der Waals surface area contributed by atoms with Gasteiger partial charge < -0.3 is 0 Å². The zero-order valence-electron chi connectivity index (χ0n) is 6.60. The molecule has 0 saturated carbocycles. The number of rotatable bonds is 5. The molecule has 0 rings (SSSR count). The Hall–Kier alpha value is 0.320. The molecule has 0 aromatic carbocycles. The molecule has 0 atom stereocenters. The maximum absolute atomic E-state index is 12.3. The van der Waals surface area contributed by atoms with Crippen LogP contribution in [-0.2, 0) is 9.47 Å². The van der Waals surface area contributed by atoms with Gasteiger partial charge in [0.2, 0.25) is 0 Å². The van der Waals surface area contributed by atoms with Gasteiger partial charge in [-0.2, -0.15) is 35.1 Å². The Labute approximate surface area is 99.1 Å². The first-order valence-electron chi connectivity index (χ1n) is 2.96. The van der Waals surface area contributed by atoms with E-state index in [-0.39, 0.29) is 0 Å². The van der Waals surface area contributed by atoms with E-state index in [1.165, 1.54) is 0 Å². The van der Waals surface area contributed by atoms with Crippen molar-refractivity contribution < 1.29 is 44.6 Å². The summed E-state index contributed by atoms with van der Waals surface area (Å²) in [5.41, 5.74) is 0. The van der Waals surface area contributed by atoms with Gasteiger partial charge in [-0.15, -0.1) is 0 Å². The normalized spacial score (nSPS) is 15.4. The molecule has 12 heteroatoms. The van der Waals surface area contributed by atoms with Gasteiger partial charge in [-0.25, -0.2) is 9.47 Å². The summed E-state index contributed by atoms with van der Waals surface area (Å²) in [4.78, 5) is 0. The van der Waals surface area contributed by atoms with Crippen LogP contribution in [0.4, 0.5) is 35.1 Å². The van der Waals surface area contributed by atoms with Crippen LogP contribution in [0.15, 0.2) is 0 Å². The van der Waals surface area contributed by atoms with Crippen molar-refractivity contribution in [1.29, 1.82) is 0 Å². The quantitative estimate of drug-likeness (QED) is 0.519. The van der Waals surface area contributed by atoms with Gasteiger partial charge in [0.05, 0.1) is 0 Å². The largest absolute Gasteiger partial charge is 0.453 e. The highest BCUT2D eigenvalue weighted by Crippen LogP contribution is 2.45. The van der Waals surface area contributed by atoms with Gasteiger partial charge >= 0.3 is 22.3 Å². The van der Waals surface area contributed by atoms with E-state index in [2.05, 4.69) is 9.47 Å². The Kier molecular flexibility index (Phi) is 4.63. The molecule has 16 heavy (non-hydrogen) atoms. The molecule has 0 unspecified atom stereocenters. The Bertz CT molecular complexity index is 219. The minimum atomic E-state index is -5.98. The second kappa shape index (κ2) is 4.53. The summed E-state index contributed by atoms with van der Waals surface area (Å²) in [7, 11) is 0. The van der Waals surface area contributed by atoms with Crippen LogP contribution in [-0.4, -0.2) is 22.3 Å². The van der Waals surface area contributed by atoms with Crippen LogP contribution < -0.4 is 0 Å². The third-order valence-electron chi connectivity index (χ3n) is 0.827. The Balaban J connectivity index is 4.85. The summed E-state index contributed by atoms with van der Waals surface area (Å²) >= 11 is 2.33. The van der Waals surface area contributed by atoms with Crippen LogP contribution in [0.25, 0.3) is 0 Å². The summed E-state index contributed by atoms with van der Waals surface area (Å²) in [6.45, 7) is 0. The highest BCUT2D eigenvalue weighted by atomic mass is 79.9. The van der Waals surface area contributed by atoms with Crippen LogP contribution in [0.2, 0.25) is 0 Å². The lowest BCUT2D eigenvalue weighted by Crippen LogP contribution is -2.49. The number of halogens is 10. The first kappa shape index (κ1) is 16.3. The predicted molar refractivity (Wildman–Crippen MR) is 39.8 cm³/mol. The second-order valence-corrected chi connectivity index (χ2v) is 3.98. The molecule has 0 aliphatic rings. The van der Waals surface area contributed by atoms with Crippen molar-refractivity contribution in [3.63, 3.8) is 0 Å². The van der Waals surface area contributed by atoms with Crippen molar-refractivity contribution in [1.82, 2.24) is 0 Å². The fourth-order valence-electron chi connectivity index (χ4n) is 0.410. The van der Waals surface area contributed by atoms with Gasteiger partial charge in [-0.05, 0) is 0 Å². The number of ether oxygens (including phenoxy) is 2. The third kappa shape index (κ3) is 5.59. The lowest BCUT2D eigenvalue weighted by Gasteiger charge is -2.28. The molecule has 98 valence electrons. The van der Waals surface area contributed by atoms with E-state index in [9.17, 15) is 35.1 Å². The van der Waals surface area contributed by atoms with Crippen LogP contribution in [0, 0.1) is 0 Å². The maximum atomic E-state index is 12.3. The monoisotopic (exact) mass is 390 g/mol. The molecule has 0 aliphatic heterocycles. The predicted octanol–water partition coefficient (Wildman–Crippen LogP) is 4.10. The molecule has 0 spiro atoms. The first-order valence-corrected chi connectivity index (χ1v) is 4.54. The molecule has 0 saturated heterocycles. The van der Waals surface area contributed by atoms with Crippen LogP contribution in [0.1, 0.15) is 0 Å². The van der Waals surface area contributed by atoms with Crippen molar-refractivity contribution in [2.24, 2.45) is 0 Å². The molecular weight excluding hydrogens is 392 g/mol. The van der Waals surface area contributed by atoms with Gasteiger partial charge in [0, 0.05) is 31.9 Å². The van der Waals surface area contributed by atoms with Crippen molar-refractivity contribution in [2.45, 2.75) is 22.3 Å². The summed E-state index contributed by atoms with van der Waals surface area (Å²) in [6, 6.07) is 0. The fraction of sp³-hybridized carbons (Fsp3) is 1.00. The molecular formula is C4Br2F8O2. The van der Waals surface area contributed by atoms with Crippen LogP contribution in [0.5, 0.6) is 0 Å². The van der Waals surface area contributed by atoms with Crippen LogP contribution >= 0.6 is 31.9 Å². The molecule has 0 heterocycles. The van der Waals surface area contributed by atoms with Gasteiger partial charge in [-0.1, -0.05) is 0 Å². The standard InChI is InChI=1S/C4Br2F8O2/c5-3(11,12)15-1(7,8)2(9,10)16-4(6,13)14. The highest BCUT2D eigenvalue weighted by Gasteiger charge is 2.66. The van der Waals surface area contributed by atoms with Crippen molar-refractivity contribution in [2.75, 3.05) is 0 Å². The lowest BCUT2D eigenvalue weighted by molar-refractivity contribution is -0.487. The Morgan fingerprint density at radius 3 is 0.875 bits per heavy atom. The number of hydrogen-bond acceptors (Lipinski definition) is 2. The number of alkyl halides is 10. The smallest absolute Gasteiger partial charge is 0.239 e. The topological polar surface area (TPSA) is 18.5 Å². The summed E-state index contributed by atoms with van der Waals surface area (Å²) < 4.78 is 101. The maximum Gasteiger partial charge on any atom is 0.453 e. The molecule has 0 radical (unpaired) electrons. The van der Waals surface area contributed by atoms with Crippen molar-refractivity contribution in [3.05, 3.63) is 0 Å². The fourth-order valence-corrected chi connectivity index (χ4v) is 0.816. The average molecular weight is 392 g/mol. The summed E-state index contributed by atoms with van der Waals surface area (Å²) in [5.74, 6) is 0. The van der Waals surface area contributed by atoms with Gasteiger partial charge in [0.25, 0.3) is 0 Å². The average Bonchev–Trinajstić information content (AvgIpc) is 1.72. The van der Waals surface area contributed by atoms with E-state index in [1.807, 2.05) is 0 Å². The minimum absolute atomic E-state index is 1.16. The minimum Gasteiger partial charge on any atom is -0.239 e. The van der Waals surface area contributed by atoms with E-state index in [4.69, 9.17) is 0 Å². The lowest BCUT2D eigenvalue weighted by atomic mass is 10.6. The second-order valence-electron chi connectivity index (χ2n) is 2.13. The Morgan fingerprint density at radius 2 is 0.750 bits per heavy atom. The summed E-state index contributed by atoms with van der Waals surface area (Å²) in [6.07, 6.45) is -12.0. The molecule has 0 bridgehead atoms. The molecule has 0 N–H and O–H groups in total. The zero-order chi connectivity index (χ0) is 13.4. The van der Waals surface area contributed by atoms with Crippen molar-refractivity contribution >= 4 is 31.9 Å². The molecule has 2 nitrogen and oxygen atoms in total. The molecule has 0 aliphatic carbocycles. The zero-order valence-corrected chi connectivity index (χ0v) is 9.77. The van der Waals surface area contributed by atoms with E-state index >= 15 is 0 Å².